The maximum Gasteiger partial charge on any atom is 0.279 e. The monoisotopic (exact) mass is 432 g/mol. The SMILES string of the molecule is NCCC(=O)c1cccc(SCC23CC2(O)C(N)(O)C(O)(O)C(O)(O)C3(O)O)c1. The highest BCUT2D eigenvalue weighted by atomic mass is 32.2. The molecule has 2 saturated carbocycles. The van der Waals surface area contributed by atoms with Crippen LogP contribution in [0.1, 0.15) is 23.2 Å². The van der Waals surface area contributed by atoms with Crippen LogP contribution in [0.4, 0.5) is 0 Å². The van der Waals surface area contributed by atoms with E-state index in [0.29, 0.717) is 10.5 Å². The second-order valence-corrected chi connectivity index (χ2v) is 8.73. The Morgan fingerprint density at radius 3 is 2.21 bits per heavy atom. The van der Waals surface area contributed by atoms with Gasteiger partial charge in [-0.2, -0.15) is 0 Å². The van der Waals surface area contributed by atoms with Crippen LogP contribution in [-0.4, -0.2) is 87.6 Å². The van der Waals surface area contributed by atoms with Crippen molar-refractivity contribution in [2.75, 3.05) is 12.3 Å². The van der Waals surface area contributed by atoms with E-state index in [0.717, 1.165) is 11.8 Å². The largest absolute Gasteiger partial charge is 0.384 e. The molecule has 12 N–H and O–H groups in total. The lowest BCUT2D eigenvalue weighted by atomic mass is 9.69. The quantitative estimate of drug-likeness (QED) is 0.118. The number of thioether (sulfide) groups is 1. The van der Waals surface area contributed by atoms with Gasteiger partial charge in [0.05, 0.1) is 5.41 Å². The Labute approximate surface area is 169 Å². The highest BCUT2D eigenvalue weighted by Crippen LogP contribution is 2.74. The zero-order chi connectivity index (χ0) is 22.1. The summed E-state index contributed by atoms with van der Waals surface area (Å²) in [5, 5.41) is 81.8. The van der Waals surface area contributed by atoms with Crippen LogP contribution in [0.2, 0.25) is 0 Å². The molecule has 0 bridgehead atoms. The molecule has 162 valence electrons. The first kappa shape index (κ1) is 22.5. The van der Waals surface area contributed by atoms with Gasteiger partial charge < -0.3 is 46.6 Å². The molecular weight excluding hydrogens is 408 g/mol. The smallest absolute Gasteiger partial charge is 0.279 e. The Morgan fingerprint density at radius 1 is 1.00 bits per heavy atom. The van der Waals surface area contributed by atoms with Crippen molar-refractivity contribution in [1.29, 1.82) is 0 Å². The highest BCUT2D eigenvalue weighted by molar-refractivity contribution is 7.99. The van der Waals surface area contributed by atoms with Crippen LogP contribution >= 0.6 is 11.8 Å². The number of Topliss-reactive ketones (excluding diaryl/α,β-unsaturated/α-hetero) is 1. The van der Waals surface area contributed by atoms with E-state index in [2.05, 4.69) is 0 Å². The summed E-state index contributed by atoms with van der Waals surface area (Å²) in [6, 6.07) is 6.22. The van der Waals surface area contributed by atoms with Gasteiger partial charge in [-0.15, -0.1) is 11.8 Å². The van der Waals surface area contributed by atoms with Gasteiger partial charge in [-0.25, -0.2) is 0 Å². The van der Waals surface area contributed by atoms with E-state index in [1.54, 1.807) is 18.2 Å². The molecule has 3 rings (SSSR count). The Hall–Kier alpha value is -1.16. The van der Waals surface area contributed by atoms with Crippen molar-refractivity contribution >= 4 is 17.5 Å². The van der Waals surface area contributed by atoms with Crippen molar-refractivity contribution in [3.05, 3.63) is 29.8 Å². The van der Waals surface area contributed by atoms with Gasteiger partial charge in [0.1, 0.15) is 5.60 Å². The molecule has 2 aliphatic rings. The van der Waals surface area contributed by atoms with Gasteiger partial charge in [0, 0.05) is 22.6 Å². The molecule has 1 aromatic rings. The fourth-order valence-corrected chi connectivity index (χ4v) is 5.29. The van der Waals surface area contributed by atoms with Crippen LogP contribution in [0.5, 0.6) is 0 Å². The van der Waals surface area contributed by atoms with Crippen molar-refractivity contribution in [1.82, 2.24) is 0 Å². The predicted molar refractivity (Wildman–Crippen MR) is 97.8 cm³/mol. The lowest BCUT2D eigenvalue weighted by Crippen LogP contribution is -2.88. The normalized spacial score (nSPS) is 36.3. The number of fused-ring (bicyclic) bond motifs is 1. The third-order valence-corrected chi connectivity index (χ3v) is 7.26. The van der Waals surface area contributed by atoms with E-state index >= 15 is 0 Å². The van der Waals surface area contributed by atoms with Gasteiger partial charge in [-0.05, 0) is 25.1 Å². The lowest BCUT2D eigenvalue weighted by Gasteiger charge is -2.57. The maximum absolute atomic E-state index is 12.0. The van der Waals surface area contributed by atoms with E-state index < -0.39 is 46.3 Å². The standard InChI is InChI=1S/C17H24N2O9S/c18-5-4-11(20)9-2-1-3-10(6-9)29-8-12-7-13(12,21)14(19,22)16(25,26)17(27,28)15(12,23)24/h1-3,6,21-28H,4-5,7-8,18-19H2. The fourth-order valence-electron chi connectivity index (χ4n) is 3.95. The van der Waals surface area contributed by atoms with Gasteiger partial charge in [0.15, 0.2) is 5.78 Å². The molecule has 0 radical (unpaired) electrons. The molecule has 2 aliphatic carbocycles. The minimum Gasteiger partial charge on any atom is -0.384 e. The van der Waals surface area contributed by atoms with Gasteiger partial charge in [0.25, 0.3) is 11.6 Å². The number of rotatable bonds is 6. The Morgan fingerprint density at radius 2 is 1.62 bits per heavy atom. The Kier molecular flexibility index (Phi) is 4.99. The van der Waals surface area contributed by atoms with Crippen molar-refractivity contribution in [2.24, 2.45) is 16.9 Å². The number of benzene rings is 1. The zero-order valence-corrected chi connectivity index (χ0v) is 16.0. The molecule has 0 spiro atoms. The minimum absolute atomic E-state index is 0.126. The topological polar surface area (TPSA) is 231 Å². The number of hydrogen-bond donors (Lipinski definition) is 10. The van der Waals surface area contributed by atoms with Gasteiger partial charge in [-0.1, -0.05) is 12.1 Å². The number of ketones is 1. The van der Waals surface area contributed by atoms with E-state index in [1.165, 1.54) is 6.07 Å². The van der Waals surface area contributed by atoms with Gasteiger partial charge >= 0.3 is 0 Å². The fraction of sp³-hybridized carbons (Fsp3) is 0.588. The van der Waals surface area contributed by atoms with Crippen molar-refractivity contribution in [2.45, 2.75) is 46.4 Å². The molecule has 2 fully saturated rings. The Balaban J connectivity index is 1.92. The average molecular weight is 432 g/mol. The van der Waals surface area contributed by atoms with E-state index in [-0.39, 0.29) is 18.7 Å². The third-order valence-electron chi connectivity index (χ3n) is 6.04. The first-order valence-corrected chi connectivity index (χ1v) is 9.65. The molecule has 11 nitrogen and oxygen atoms in total. The predicted octanol–water partition coefficient (Wildman–Crippen LogP) is -3.86. The number of nitrogens with two attached hydrogens (primary N) is 2. The summed E-state index contributed by atoms with van der Waals surface area (Å²) in [5.74, 6) is -12.5. The molecule has 0 saturated heterocycles. The first-order chi connectivity index (χ1) is 13.1. The third kappa shape index (κ3) is 2.60. The van der Waals surface area contributed by atoms with Crippen LogP contribution in [0, 0.1) is 5.41 Å². The molecule has 3 atom stereocenters. The van der Waals surface area contributed by atoms with Crippen molar-refractivity contribution in [3.63, 3.8) is 0 Å². The zero-order valence-electron chi connectivity index (χ0n) is 15.2. The molecule has 1 aromatic carbocycles. The summed E-state index contributed by atoms with van der Waals surface area (Å²) in [5.41, 5.74) is 2.84. The van der Waals surface area contributed by atoms with Crippen LogP contribution in [0.3, 0.4) is 0 Å². The molecule has 12 heteroatoms. The molecule has 29 heavy (non-hydrogen) atoms. The lowest BCUT2D eigenvalue weighted by molar-refractivity contribution is -0.522. The van der Waals surface area contributed by atoms with Crippen LogP contribution in [-0.2, 0) is 0 Å². The molecular formula is C17H24N2O9S. The van der Waals surface area contributed by atoms with E-state index in [1.807, 2.05) is 0 Å². The molecule has 0 heterocycles. The van der Waals surface area contributed by atoms with Gasteiger partial charge in [-0.3, -0.25) is 10.5 Å². The average Bonchev–Trinajstić information content (AvgIpc) is 3.28. The van der Waals surface area contributed by atoms with E-state index in [4.69, 9.17) is 11.5 Å². The summed E-state index contributed by atoms with van der Waals surface area (Å²) in [6.45, 7) is 0.165. The van der Waals surface area contributed by atoms with Crippen molar-refractivity contribution in [3.8, 4) is 0 Å². The molecule has 3 unspecified atom stereocenters. The van der Waals surface area contributed by atoms with Crippen LogP contribution < -0.4 is 11.5 Å². The van der Waals surface area contributed by atoms with Crippen LogP contribution in [0.15, 0.2) is 29.2 Å². The molecule has 0 aliphatic heterocycles. The van der Waals surface area contributed by atoms with E-state index in [9.17, 15) is 45.6 Å². The number of hydrogen-bond acceptors (Lipinski definition) is 12. The second-order valence-electron chi connectivity index (χ2n) is 7.68. The highest BCUT2D eigenvalue weighted by Gasteiger charge is 2.96. The summed E-state index contributed by atoms with van der Waals surface area (Å²) in [6.07, 6.45) is -0.550. The minimum atomic E-state index is -4.11. The summed E-state index contributed by atoms with van der Waals surface area (Å²) < 4.78 is 0. The first-order valence-electron chi connectivity index (χ1n) is 8.67. The number of carbonyl (C=O) groups is 1. The maximum atomic E-state index is 12.0. The summed E-state index contributed by atoms with van der Waals surface area (Å²) >= 11 is 0.904. The molecule has 0 aromatic heterocycles. The molecule has 0 amide bonds. The van der Waals surface area contributed by atoms with Crippen LogP contribution in [0.25, 0.3) is 0 Å². The van der Waals surface area contributed by atoms with Crippen molar-refractivity contribution < 1.29 is 45.6 Å². The second kappa shape index (κ2) is 6.42. The number of aliphatic hydroxyl groups is 8. The Bertz CT molecular complexity index is 844. The summed E-state index contributed by atoms with van der Waals surface area (Å²) in [7, 11) is 0. The number of carbonyl (C=O) groups excluding carboxylic acids is 1. The van der Waals surface area contributed by atoms with Gasteiger partial charge in [0.2, 0.25) is 11.5 Å². The summed E-state index contributed by atoms with van der Waals surface area (Å²) in [4.78, 5) is 12.4.